The van der Waals surface area contributed by atoms with E-state index in [4.69, 9.17) is 22.1 Å². The third-order valence-electron chi connectivity index (χ3n) is 5.37. The molecule has 1 aliphatic rings. The van der Waals surface area contributed by atoms with Gasteiger partial charge in [-0.2, -0.15) is 0 Å². The molecule has 1 aliphatic heterocycles. The molecule has 0 bridgehead atoms. The van der Waals surface area contributed by atoms with E-state index in [-0.39, 0.29) is 29.4 Å². The second-order valence-electron chi connectivity index (χ2n) is 7.63. The average molecular weight is 477 g/mol. The van der Waals surface area contributed by atoms with Gasteiger partial charge in [0.15, 0.2) is 0 Å². The van der Waals surface area contributed by atoms with E-state index in [2.05, 4.69) is 10.2 Å². The summed E-state index contributed by atoms with van der Waals surface area (Å²) >= 11 is 6.12. The van der Waals surface area contributed by atoms with E-state index in [1.54, 1.807) is 23.1 Å². The van der Waals surface area contributed by atoms with Gasteiger partial charge in [0.25, 0.3) is 0 Å². The van der Waals surface area contributed by atoms with Crippen LogP contribution in [-0.4, -0.2) is 66.2 Å². The van der Waals surface area contributed by atoms with Gasteiger partial charge >= 0.3 is 6.03 Å². The molecule has 0 unspecified atom stereocenters. The molecule has 0 saturated carbocycles. The summed E-state index contributed by atoms with van der Waals surface area (Å²) in [6.45, 7) is 1.92. The van der Waals surface area contributed by atoms with E-state index in [0.717, 1.165) is 5.56 Å². The van der Waals surface area contributed by atoms with Crippen molar-refractivity contribution >= 4 is 35.3 Å². The highest BCUT2D eigenvalue weighted by Crippen LogP contribution is 2.32. The first-order valence-electron chi connectivity index (χ1n) is 10.3. The second kappa shape index (κ2) is 11.1. The number of ether oxygens (including phenoxy) is 1. The third-order valence-corrected chi connectivity index (χ3v) is 5.66. The molecule has 1 fully saturated rings. The number of halogens is 2. The van der Waals surface area contributed by atoms with Crippen molar-refractivity contribution < 1.29 is 23.8 Å². The number of hydrogen-bond donors (Lipinski definition) is 3. The van der Waals surface area contributed by atoms with Gasteiger partial charge in [-0.1, -0.05) is 23.7 Å². The molecule has 0 radical (unpaired) electrons. The fourth-order valence-electron chi connectivity index (χ4n) is 3.72. The van der Waals surface area contributed by atoms with Crippen LogP contribution >= 0.6 is 11.6 Å². The number of hydrogen-bond acceptors (Lipinski definition) is 5. The molecule has 10 heteroatoms. The molecule has 0 aromatic heterocycles. The van der Waals surface area contributed by atoms with Gasteiger partial charge in [-0.25, -0.2) is 9.18 Å². The predicted octanol–water partition coefficient (Wildman–Crippen LogP) is 2.70. The van der Waals surface area contributed by atoms with Gasteiger partial charge < -0.3 is 25.8 Å². The van der Waals surface area contributed by atoms with Crippen LogP contribution in [0.15, 0.2) is 42.5 Å². The molecule has 2 aromatic carbocycles. The lowest BCUT2D eigenvalue weighted by atomic mass is 10.1. The number of rotatable bonds is 7. The molecule has 4 N–H and O–H groups in total. The summed E-state index contributed by atoms with van der Waals surface area (Å²) in [4.78, 5) is 27.9. The summed E-state index contributed by atoms with van der Waals surface area (Å²) in [5.74, 6) is -0.197. The van der Waals surface area contributed by atoms with Crippen LogP contribution in [0.3, 0.4) is 0 Å². The van der Waals surface area contributed by atoms with Crippen molar-refractivity contribution in [1.82, 2.24) is 9.80 Å². The van der Waals surface area contributed by atoms with Crippen LogP contribution in [0.2, 0.25) is 5.02 Å². The van der Waals surface area contributed by atoms with Crippen molar-refractivity contribution in [2.24, 2.45) is 5.73 Å². The Kier molecular flexibility index (Phi) is 8.26. The Labute approximate surface area is 196 Å². The average Bonchev–Trinajstić information content (AvgIpc) is 2.79. The number of nitrogens with one attached hydrogen (secondary N) is 1. The van der Waals surface area contributed by atoms with Gasteiger partial charge in [-0.15, -0.1) is 0 Å². The number of aliphatic hydroxyl groups is 1. The van der Waals surface area contributed by atoms with Crippen LogP contribution in [0, 0.1) is 5.82 Å². The molecule has 1 heterocycles. The Hall–Kier alpha value is -3.14. The monoisotopic (exact) mass is 476 g/mol. The van der Waals surface area contributed by atoms with Crippen LogP contribution in [0.5, 0.6) is 5.75 Å². The number of amides is 3. The summed E-state index contributed by atoms with van der Waals surface area (Å²) in [6.07, 6.45) is 2.90. The normalized spacial score (nSPS) is 16.7. The van der Waals surface area contributed by atoms with E-state index < -0.39 is 6.03 Å². The lowest BCUT2D eigenvalue weighted by molar-refractivity contribution is -0.132. The number of piperazine rings is 1. The van der Waals surface area contributed by atoms with Crippen LogP contribution in [0.1, 0.15) is 11.1 Å². The maximum Gasteiger partial charge on any atom is 0.316 e. The molecule has 33 heavy (non-hydrogen) atoms. The lowest BCUT2D eigenvalue weighted by Gasteiger charge is -2.40. The molecule has 0 spiro atoms. The zero-order chi connectivity index (χ0) is 24.0. The number of aliphatic hydroxyl groups excluding tert-OH is 1. The summed E-state index contributed by atoms with van der Waals surface area (Å²) in [7, 11) is 1.46. The largest absolute Gasteiger partial charge is 0.495 e. The first-order valence-corrected chi connectivity index (χ1v) is 10.7. The standard InChI is InChI=1S/C23H26ClFN4O4/c1-33-21-10-16(20(11-19(21)24)27-23(26)32)4-7-22(31)29-9-8-28(13-18(29)14-30)12-15-2-5-17(25)6-3-15/h2-7,10-11,18,30H,8-9,12-14H2,1H3,(H3,26,27,32)/t18-/m0/s1. The van der Waals surface area contributed by atoms with Crippen molar-refractivity contribution in [3.63, 3.8) is 0 Å². The SMILES string of the molecule is COc1cc(C=CC(=O)N2CCN(Cc3ccc(F)cc3)C[C@H]2CO)c(NC(N)=O)cc1Cl. The molecule has 8 nitrogen and oxygen atoms in total. The maximum absolute atomic E-state index is 13.1. The number of anilines is 1. The van der Waals surface area contributed by atoms with Crippen LogP contribution in [0.4, 0.5) is 14.9 Å². The molecular formula is C23H26ClFN4O4. The van der Waals surface area contributed by atoms with Crippen LogP contribution in [-0.2, 0) is 11.3 Å². The van der Waals surface area contributed by atoms with E-state index in [0.29, 0.717) is 43.2 Å². The van der Waals surface area contributed by atoms with Crippen molar-refractivity contribution in [3.05, 3.63) is 64.4 Å². The quantitative estimate of drug-likeness (QED) is 0.532. The van der Waals surface area contributed by atoms with Gasteiger partial charge in [0.05, 0.1) is 30.5 Å². The number of nitrogens with two attached hydrogens (primary N) is 1. The van der Waals surface area contributed by atoms with Gasteiger partial charge in [0.1, 0.15) is 11.6 Å². The fourth-order valence-corrected chi connectivity index (χ4v) is 3.96. The van der Waals surface area contributed by atoms with Crippen molar-refractivity contribution in [2.75, 3.05) is 38.7 Å². The summed E-state index contributed by atoms with van der Waals surface area (Å²) < 4.78 is 18.3. The van der Waals surface area contributed by atoms with Gasteiger partial charge in [0.2, 0.25) is 5.91 Å². The van der Waals surface area contributed by atoms with Crippen molar-refractivity contribution in [3.8, 4) is 5.75 Å². The van der Waals surface area contributed by atoms with Gasteiger partial charge in [0, 0.05) is 37.8 Å². The minimum absolute atomic E-state index is 0.192. The van der Waals surface area contributed by atoms with E-state index >= 15 is 0 Å². The Morgan fingerprint density at radius 2 is 2.03 bits per heavy atom. The number of nitrogens with zero attached hydrogens (tertiary/aromatic N) is 2. The van der Waals surface area contributed by atoms with Gasteiger partial charge in [-0.3, -0.25) is 9.69 Å². The molecule has 1 atom stereocenters. The number of benzene rings is 2. The third kappa shape index (κ3) is 6.44. The van der Waals surface area contributed by atoms with E-state index in [1.807, 2.05) is 0 Å². The number of methoxy groups -OCH3 is 1. The predicted molar refractivity (Wildman–Crippen MR) is 125 cm³/mol. The Balaban J connectivity index is 1.70. The van der Waals surface area contributed by atoms with Crippen LogP contribution < -0.4 is 15.8 Å². The summed E-state index contributed by atoms with van der Waals surface area (Å²) in [5.41, 5.74) is 7.00. The molecule has 0 aliphatic carbocycles. The number of carbonyl (C=O) groups is 2. The Morgan fingerprint density at radius 3 is 2.67 bits per heavy atom. The minimum Gasteiger partial charge on any atom is -0.495 e. The maximum atomic E-state index is 13.1. The second-order valence-corrected chi connectivity index (χ2v) is 8.03. The lowest BCUT2D eigenvalue weighted by Crippen LogP contribution is -2.55. The number of primary amides is 1. The Bertz CT molecular complexity index is 1030. The van der Waals surface area contributed by atoms with Crippen LogP contribution in [0.25, 0.3) is 6.08 Å². The molecule has 176 valence electrons. The molecule has 2 aromatic rings. The molecule has 1 saturated heterocycles. The molecule has 3 rings (SSSR count). The highest BCUT2D eigenvalue weighted by molar-refractivity contribution is 6.32. The first kappa shape index (κ1) is 24.5. The summed E-state index contributed by atoms with van der Waals surface area (Å²) in [5, 5.41) is 12.6. The minimum atomic E-state index is -0.769. The zero-order valence-electron chi connectivity index (χ0n) is 18.1. The van der Waals surface area contributed by atoms with Crippen molar-refractivity contribution in [1.29, 1.82) is 0 Å². The highest BCUT2D eigenvalue weighted by Gasteiger charge is 2.29. The molecule has 3 amide bonds. The highest BCUT2D eigenvalue weighted by atomic mass is 35.5. The van der Waals surface area contributed by atoms with Gasteiger partial charge in [-0.05, 0) is 35.9 Å². The fraction of sp³-hybridized carbons (Fsp3) is 0.304. The van der Waals surface area contributed by atoms with Crippen molar-refractivity contribution in [2.45, 2.75) is 12.6 Å². The molecular weight excluding hydrogens is 451 g/mol. The topological polar surface area (TPSA) is 108 Å². The number of carbonyl (C=O) groups excluding carboxylic acids is 2. The zero-order valence-corrected chi connectivity index (χ0v) is 18.9. The Morgan fingerprint density at radius 1 is 1.30 bits per heavy atom. The smallest absolute Gasteiger partial charge is 0.316 e. The van der Waals surface area contributed by atoms with E-state index in [1.165, 1.54) is 37.5 Å². The number of urea groups is 1. The summed E-state index contributed by atoms with van der Waals surface area (Å²) in [6, 6.07) is 8.19. The van der Waals surface area contributed by atoms with E-state index in [9.17, 15) is 19.1 Å². The first-order chi connectivity index (χ1) is 15.8.